The maximum absolute atomic E-state index is 15.9. The maximum atomic E-state index is 15.9. The number of hydrogen-bond donors (Lipinski definition) is 1. The highest BCUT2D eigenvalue weighted by molar-refractivity contribution is 7.22. The fourth-order valence-corrected chi connectivity index (χ4v) is 5.60. The number of halogens is 3. The predicted molar refractivity (Wildman–Crippen MR) is 133 cm³/mol. The number of hydrogen-bond acceptors (Lipinski definition) is 6. The minimum absolute atomic E-state index is 0.0512. The van der Waals surface area contributed by atoms with E-state index >= 15 is 4.39 Å². The SMILES string of the molecule is C=CC(=O)N1CCN(c2ccnc3c(F)c(-c4ccc(F)c5sc(N)nc45)c(Cl)cc23)C[C@H]1C. The van der Waals surface area contributed by atoms with Crippen molar-refractivity contribution in [2.75, 3.05) is 30.3 Å². The van der Waals surface area contributed by atoms with Crippen molar-refractivity contribution in [3.8, 4) is 11.1 Å². The smallest absolute Gasteiger partial charge is 0.246 e. The first-order chi connectivity index (χ1) is 16.3. The van der Waals surface area contributed by atoms with E-state index in [1.807, 2.05) is 13.0 Å². The minimum Gasteiger partial charge on any atom is -0.375 e. The number of benzene rings is 2. The van der Waals surface area contributed by atoms with Crippen LogP contribution >= 0.6 is 22.9 Å². The molecule has 1 saturated heterocycles. The molecular formula is C24H20ClF2N5OS. The first kappa shape index (κ1) is 22.5. The molecule has 0 unspecified atom stereocenters. The summed E-state index contributed by atoms with van der Waals surface area (Å²) in [5.41, 5.74) is 7.43. The lowest BCUT2D eigenvalue weighted by Gasteiger charge is -2.41. The molecule has 2 aromatic heterocycles. The molecule has 1 atom stereocenters. The normalized spacial score (nSPS) is 16.4. The highest BCUT2D eigenvalue weighted by atomic mass is 35.5. The van der Waals surface area contributed by atoms with Gasteiger partial charge < -0.3 is 15.5 Å². The Bertz CT molecular complexity index is 1470. The predicted octanol–water partition coefficient (Wildman–Crippen LogP) is 5.25. The second-order valence-corrected chi connectivity index (χ2v) is 9.57. The third-order valence-corrected chi connectivity index (χ3v) is 7.30. The molecule has 174 valence electrons. The molecule has 1 amide bonds. The first-order valence-electron chi connectivity index (χ1n) is 10.6. The third kappa shape index (κ3) is 3.56. The van der Waals surface area contributed by atoms with E-state index < -0.39 is 11.6 Å². The maximum Gasteiger partial charge on any atom is 0.246 e. The number of fused-ring (bicyclic) bond motifs is 2. The van der Waals surface area contributed by atoms with Gasteiger partial charge in [-0.25, -0.2) is 13.8 Å². The van der Waals surface area contributed by atoms with Crippen molar-refractivity contribution in [3.63, 3.8) is 0 Å². The van der Waals surface area contributed by atoms with E-state index in [2.05, 4.69) is 21.4 Å². The van der Waals surface area contributed by atoms with Crippen LogP contribution in [0.4, 0.5) is 19.6 Å². The van der Waals surface area contributed by atoms with Crippen LogP contribution in [0.5, 0.6) is 0 Å². The molecule has 0 aliphatic carbocycles. The number of aromatic nitrogens is 2. The fourth-order valence-electron chi connectivity index (χ4n) is 4.54. The van der Waals surface area contributed by atoms with Crippen molar-refractivity contribution in [2.45, 2.75) is 13.0 Å². The van der Waals surface area contributed by atoms with Crippen molar-refractivity contribution in [3.05, 3.63) is 59.8 Å². The largest absolute Gasteiger partial charge is 0.375 e. The number of carbonyl (C=O) groups is 1. The number of nitrogen functional groups attached to an aromatic ring is 1. The molecule has 4 aromatic rings. The molecule has 6 nitrogen and oxygen atoms in total. The number of pyridine rings is 1. The molecular weight excluding hydrogens is 480 g/mol. The number of thiazole rings is 1. The third-order valence-electron chi connectivity index (χ3n) is 6.11. The molecule has 5 rings (SSSR count). The Morgan fingerprint density at radius 2 is 2.09 bits per heavy atom. The summed E-state index contributed by atoms with van der Waals surface area (Å²) in [4.78, 5) is 24.4. The number of piperazine rings is 1. The summed E-state index contributed by atoms with van der Waals surface area (Å²) in [5, 5.41) is 0.898. The molecule has 1 aliphatic rings. The van der Waals surface area contributed by atoms with Crippen LogP contribution in [0.3, 0.4) is 0 Å². The zero-order valence-electron chi connectivity index (χ0n) is 18.2. The van der Waals surface area contributed by atoms with Crippen LogP contribution < -0.4 is 10.6 Å². The van der Waals surface area contributed by atoms with Crippen LogP contribution in [-0.4, -0.2) is 46.5 Å². The summed E-state index contributed by atoms with van der Waals surface area (Å²) in [5.74, 6) is -1.20. The number of amides is 1. The molecule has 1 fully saturated rings. The Labute approximate surface area is 203 Å². The highest BCUT2D eigenvalue weighted by Crippen LogP contribution is 2.42. The molecule has 0 radical (unpaired) electrons. The van der Waals surface area contributed by atoms with Crippen LogP contribution in [-0.2, 0) is 4.79 Å². The van der Waals surface area contributed by atoms with Crippen LogP contribution in [0.2, 0.25) is 5.02 Å². The Balaban J connectivity index is 1.62. The van der Waals surface area contributed by atoms with Gasteiger partial charge in [0.05, 0.1) is 15.2 Å². The molecule has 1 aliphatic heterocycles. The number of anilines is 2. The molecule has 2 N–H and O–H groups in total. The quantitative estimate of drug-likeness (QED) is 0.390. The van der Waals surface area contributed by atoms with Crippen LogP contribution in [0.1, 0.15) is 6.92 Å². The van der Waals surface area contributed by atoms with Crippen LogP contribution in [0, 0.1) is 11.6 Å². The zero-order chi connectivity index (χ0) is 24.1. The van der Waals surface area contributed by atoms with E-state index in [4.69, 9.17) is 17.3 Å². The number of rotatable bonds is 3. The van der Waals surface area contributed by atoms with Gasteiger partial charge in [0, 0.05) is 54.1 Å². The topological polar surface area (TPSA) is 75.4 Å². The van der Waals surface area contributed by atoms with Crippen molar-refractivity contribution < 1.29 is 13.6 Å². The van der Waals surface area contributed by atoms with E-state index in [1.165, 1.54) is 18.2 Å². The number of nitrogens with zero attached hydrogens (tertiary/aromatic N) is 4. The van der Waals surface area contributed by atoms with Gasteiger partial charge in [-0.15, -0.1) is 0 Å². The highest BCUT2D eigenvalue weighted by Gasteiger charge is 2.28. The minimum atomic E-state index is -0.614. The standard InChI is InChI=1S/C24H20ClF2N5OS/c1-3-18(33)32-9-8-31(11-12(32)2)17-6-7-29-21-14(17)10-15(25)19(20(21)27)13-4-5-16(26)23-22(13)30-24(28)34-23/h3-7,10,12H,1,8-9,11H2,2H3,(H2,28,30)/t12-/m1/s1. The summed E-state index contributed by atoms with van der Waals surface area (Å²) in [6, 6.07) is 6.14. The van der Waals surface area contributed by atoms with Crippen LogP contribution in [0.25, 0.3) is 32.2 Å². The monoisotopic (exact) mass is 499 g/mol. The van der Waals surface area contributed by atoms with E-state index in [0.717, 1.165) is 17.0 Å². The lowest BCUT2D eigenvalue weighted by molar-refractivity contribution is -0.128. The van der Waals surface area contributed by atoms with Gasteiger partial charge in [0.25, 0.3) is 0 Å². The molecule has 0 bridgehead atoms. The van der Waals surface area contributed by atoms with Gasteiger partial charge in [0.2, 0.25) is 5.91 Å². The van der Waals surface area contributed by atoms with E-state index in [-0.39, 0.29) is 43.4 Å². The summed E-state index contributed by atoms with van der Waals surface area (Å²) in [6.07, 6.45) is 2.86. The molecule has 2 aromatic carbocycles. The zero-order valence-corrected chi connectivity index (χ0v) is 19.8. The Morgan fingerprint density at radius 3 is 2.82 bits per heavy atom. The lowest BCUT2D eigenvalue weighted by atomic mass is 10.00. The summed E-state index contributed by atoms with van der Waals surface area (Å²) in [7, 11) is 0. The second-order valence-electron chi connectivity index (χ2n) is 8.13. The van der Waals surface area contributed by atoms with Gasteiger partial charge in [0.15, 0.2) is 10.9 Å². The molecule has 10 heteroatoms. The molecule has 34 heavy (non-hydrogen) atoms. The average molecular weight is 500 g/mol. The lowest BCUT2D eigenvalue weighted by Crippen LogP contribution is -2.53. The van der Waals surface area contributed by atoms with Gasteiger partial charge in [-0.1, -0.05) is 29.5 Å². The molecule has 3 heterocycles. The van der Waals surface area contributed by atoms with Crippen molar-refractivity contribution >= 4 is 60.8 Å². The van der Waals surface area contributed by atoms with E-state index in [9.17, 15) is 9.18 Å². The second kappa shape index (κ2) is 8.48. The fraction of sp³-hybridized carbons (Fsp3) is 0.208. The van der Waals surface area contributed by atoms with Gasteiger partial charge in [0.1, 0.15) is 11.3 Å². The Hall–Kier alpha value is -3.30. The van der Waals surface area contributed by atoms with Gasteiger partial charge in [-0.3, -0.25) is 9.78 Å². The van der Waals surface area contributed by atoms with Gasteiger partial charge in [-0.05, 0) is 37.3 Å². The summed E-state index contributed by atoms with van der Waals surface area (Å²) >= 11 is 7.61. The summed E-state index contributed by atoms with van der Waals surface area (Å²) < 4.78 is 30.4. The van der Waals surface area contributed by atoms with Crippen molar-refractivity contribution in [1.29, 1.82) is 0 Å². The molecule has 0 saturated carbocycles. The van der Waals surface area contributed by atoms with Crippen molar-refractivity contribution in [2.24, 2.45) is 0 Å². The first-order valence-corrected chi connectivity index (χ1v) is 11.8. The Morgan fingerprint density at radius 1 is 1.29 bits per heavy atom. The average Bonchev–Trinajstić information content (AvgIpc) is 3.22. The van der Waals surface area contributed by atoms with Crippen LogP contribution in [0.15, 0.2) is 43.1 Å². The van der Waals surface area contributed by atoms with Gasteiger partial charge in [-0.2, -0.15) is 0 Å². The Kier molecular flexibility index (Phi) is 5.61. The van der Waals surface area contributed by atoms with E-state index in [0.29, 0.717) is 30.6 Å². The van der Waals surface area contributed by atoms with E-state index in [1.54, 1.807) is 17.2 Å². The number of nitrogens with two attached hydrogens (primary N) is 1. The number of carbonyl (C=O) groups excluding carboxylic acids is 1. The summed E-state index contributed by atoms with van der Waals surface area (Å²) in [6.45, 7) is 7.18. The molecule has 0 spiro atoms. The van der Waals surface area contributed by atoms with Crippen molar-refractivity contribution in [1.82, 2.24) is 14.9 Å². The van der Waals surface area contributed by atoms with Gasteiger partial charge >= 0.3 is 0 Å².